The largest absolute Gasteiger partial charge is 0.340 e. The number of fused-ring (bicyclic) bond motifs is 2. The smallest absolute Gasteiger partial charge is 0.272 e. The molecule has 0 atom stereocenters. The third-order valence-corrected chi connectivity index (χ3v) is 4.60. The van der Waals surface area contributed by atoms with Crippen LogP contribution in [0.2, 0.25) is 5.02 Å². The summed E-state index contributed by atoms with van der Waals surface area (Å²) in [4.78, 5) is 12.7. The molecule has 24 heavy (non-hydrogen) atoms. The third-order valence-electron chi connectivity index (χ3n) is 4.27. The number of carbonyl (C=O) groups excluding carboxylic acids is 1. The van der Waals surface area contributed by atoms with Crippen LogP contribution in [0.15, 0.2) is 66.7 Å². The number of aryl methyl sites for hydroxylation is 1. The second-order valence-electron chi connectivity index (χ2n) is 5.78. The molecule has 4 rings (SSSR count). The highest BCUT2D eigenvalue weighted by atomic mass is 35.5. The molecular weight excluding hydrogens is 320 g/mol. The van der Waals surface area contributed by atoms with Crippen molar-refractivity contribution in [3.63, 3.8) is 0 Å². The number of carbonyl (C=O) groups is 1. The van der Waals surface area contributed by atoms with E-state index in [0.717, 1.165) is 27.4 Å². The Kier molecular flexibility index (Phi) is 3.51. The average molecular weight is 335 g/mol. The van der Waals surface area contributed by atoms with Crippen LogP contribution in [0.5, 0.6) is 0 Å². The van der Waals surface area contributed by atoms with Crippen LogP contribution in [0.1, 0.15) is 10.5 Å². The molecule has 1 N–H and O–H groups in total. The molecule has 1 heterocycles. The molecule has 0 aliphatic carbocycles. The van der Waals surface area contributed by atoms with Gasteiger partial charge in [0, 0.05) is 28.7 Å². The summed E-state index contributed by atoms with van der Waals surface area (Å²) in [5.41, 5.74) is 2.28. The van der Waals surface area contributed by atoms with Crippen LogP contribution in [0.3, 0.4) is 0 Å². The molecule has 118 valence electrons. The lowest BCUT2D eigenvalue weighted by atomic mass is 10.1. The molecule has 0 aliphatic heterocycles. The molecule has 0 spiro atoms. The Morgan fingerprint density at radius 3 is 2.54 bits per heavy atom. The lowest BCUT2D eigenvalue weighted by molar-refractivity contribution is 0.102. The zero-order valence-electron chi connectivity index (χ0n) is 13.1. The van der Waals surface area contributed by atoms with E-state index in [4.69, 9.17) is 11.6 Å². The maximum absolute atomic E-state index is 12.7. The number of benzene rings is 3. The number of hydrogen-bond acceptors (Lipinski definition) is 1. The first-order chi connectivity index (χ1) is 11.6. The monoisotopic (exact) mass is 334 g/mol. The number of halogens is 1. The van der Waals surface area contributed by atoms with Crippen LogP contribution in [0.25, 0.3) is 21.7 Å². The van der Waals surface area contributed by atoms with Crippen molar-refractivity contribution in [3.05, 3.63) is 77.4 Å². The molecule has 3 aromatic carbocycles. The Morgan fingerprint density at radius 1 is 0.958 bits per heavy atom. The maximum atomic E-state index is 12.7. The van der Waals surface area contributed by atoms with Crippen LogP contribution in [-0.2, 0) is 7.05 Å². The number of aromatic nitrogens is 1. The first-order valence-electron chi connectivity index (χ1n) is 7.67. The van der Waals surface area contributed by atoms with Crippen molar-refractivity contribution in [1.29, 1.82) is 0 Å². The van der Waals surface area contributed by atoms with E-state index in [1.54, 1.807) is 0 Å². The van der Waals surface area contributed by atoms with Gasteiger partial charge in [-0.2, -0.15) is 0 Å². The summed E-state index contributed by atoms with van der Waals surface area (Å²) < 4.78 is 1.86. The summed E-state index contributed by atoms with van der Waals surface area (Å²) in [6, 6.07) is 21.4. The lowest BCUT2D eigenvalue weighted by Crippen LogP contribution is -2.15. The van der Waals surface area contributed by atoms with E-state index >= 15 is 0 Å². The van der Waals surface area contributed by atoms with Crippen LogP contribution in [-0.4, -0.2) is 10.5 Å². The fraction of sp³-hybridized carbons (Fsp3) is 0.0500. The Balaban J connectivity index is 1.70. The van der Waals surface area contributed by atoms with Gasteiger partial charge in [0.2, 0.25) is 0 Å². The van der Waals surface area contributed by atoms with Crippen molar-refractivity contribution in [2.24, 2.45) is 7.05 Å². The summed E-state index contributed by atoms with van der Waals surface area (Å²) in [6.45, 7) is 0. The summed E-state index contributed by atoms with van der Waals surface area (Å²) in [5, 5.41) is 6.73. The number of hydrogen-bond donors (Lipinski definition) is 1. The minimum absolute atomic E-state index is 0.153. The molecule has 1 amide bonds. The predicted octanol–water partition coefficient (Wildman–Crippen LogP) is 5.24. The predicted molar refractivity (Wildman–Crippen MR) is 99.8 cm³/mol. The van der Waals surface area contributed by atoms with Gasteiger partial charge in [-0.25, -0.2) is 0 Å². The van der Waals surface area contributed by atoms with Crippen molar-refractivity contribution < 1.29 is 4.79 Å². The summed E-state index contributed by atoms with van der Waals surface area (Å²) in [7, 11) is 1.87. The Labute approximate surface area is 144 Å². The molecule has 0 unspecified atom stereocenters. The second kappa shape index (κ2) is 5.69. The van der Waals surface area contributed by atoms with Crippen molar-refractivity contribution >= 4 is 44.9 Å². The zero-order valence-corrected chi connectivity index (χ0v) is 13.8. The molecular formula is C20H15ClN2O. The van der Waals surface area contributed by atoms with Crippen molar-refractivity contribution in [1.82, 2.24) is 4.57 Å². The van der Waals surface area contributed by atoms with E-state index in [-0.39, 0.29) is 5.91 Å². The summed E-state index contributed by atoms with van der Waals surface area (Å²) >= 11 is 6.23. The first-order valence-corrected chi connectivity index (χ1v) is 8.05. The highest BCUT2D eigenvalue weighted by molar-refractivity contribution is 6.35. The SMILES string of the molecule is Cn1c(C(=O)Nc2ccc3ccccc3c2)cc2c(Cl)cccc21. The molecule has 0 saturated carbocycles. The number of nitrogens with zero attached hydrogens (tertiary/aromatic N) is 1. The van der Waals surface area contributed by atoms with E-state index in [1.807, 2.05) is 78.3 Å². The van der Waals surface area contributed by atoms with Crippen LogP contribution in [0.4, 0.5) is 5.69 Å². The highest BCUT2D eigenvalue weighted by Gasteiger charge is 2.15. The molecule has 0 saturated heterocycles. The standard InChI is InChI=1S/C20H15ClN2O/c1-23-18-8-4-7-17(21)16(18)12-19(23)20(24)22-15-10-9-13-5-2-3-6-14(13)11-15/h2-12H,1H3,(H,22,24). The Hall–Kier alpha value is -2.78. The molecule has 0 bridgehead atoms. The van der Waals surface area contributed by atoms with Gasteiger partial charge >= 0.3 is 0 Å². The topological polar surface area (TPSA) is 34.0 Å². The van der Waals surface area contributed by atoms with E-state index in [2.05, 4.69) is 5.32 Å². The fourth-order valence-corrected chi connectivity index (χ4v) is 3.23. The Bertz CT molecular complexity index is 1080. The quantitative estimate of drug-likeness (QED) is 0.534. The van der Waals surface area contributed by atoms with E-state index in [1.165, 1.54) is 0 Å². The zero-order chi connectivity index (χ0) is 16.7. The lowest BCUT2D eigenvalue weighted by Gasteiger charge is -2.08. The highest BCUT2D eigenvalue weighted by Crippen LogP contribution is 2.27. The van der Waals surface area contributed by atoms with Gasteiger partial charge in [0.05, 0.1) is 0 Å². The fourth-order valence-electron chi connectivity index (χ4n) is 3.00. The first kappa shape index (κ1) is 14.8. The molecule has 1 aromatic heterocycles. The van der Waals surface area contributed by atoms with Crippen LogP contribution in [0, 0.1) is 0 Å². The van der Waals surface area contributed by atoms with Gasteiger partial charge in [-0.05, 0) is 41.1 Å². The molecule has 3 nitrogen and oxygen atoms in total. The number of nitrogens with one attached hydrogen (secondary N) is 1. The number of rotatable bonds is 2. The number of anilines is 1. The van der Waals surface area contributed by atoms with Crippen molar-refractivity contribution in [2.45, 2.75) is 0 Å². The molecule has 0 aliphatic rings. The summed E-state index contributed by atoms with van der Waals surface area (Å²) in [6.07, 6.45) is 0. The molecule has 0 fully saturated rings. The van der Waals surface area contributed by atoms with E-state index in [9.17, 15) is 4.79 Å². The van der Waals surface area contributed by atoms with Crippen molar-refractivity contribution in [2.75, 3.05) is 5.32 Å². The number of amides is 1. The van der Waals surface area contributed by atoms with Gasteiger partial charge in [-0.15, -0.1) is 0 Å². The van der Waals surface area contributed by atoms with Gasteiger partial charge < -0.3 is 9.88 Å². The second-order valence-corrected chi connectivity index (χ2v) is 6.18. The van der Waals surface area contributed by atoms with Gasteiger partial charge in [0.1, 0.15) is 5.69 Å². The van der Waals surface area contributed by atoms with E-state index < -0.39 is 0 Å². The molecule has 0 radical (unpaired) electrons. The van der Waals surface area contributed by atoms with Crippen LogP contribution >= 0.6 is 11.6 Å². The molecule has 4 heteroatoms. The van der Waals surface area contributed by atoms with Crippen molar-refractivity contribution in [3.8, 4) is 0 Å². The minimum Gasteiger partial charge on any atom is -0.340 e. The van der Waals surface area contributed by atoms with E-state index in [0.29, 0.717) is 10.7 Å². The molecule has 4 aromatic rings. The van der Waals surface area contributed by atoms with Crippen LogP contribution < -0.4 is 5.32 Å². The Morgan fingerprint density at radius 2 is 1.75 bits per heavy atom. The average Bonchev–Trinajstić information content (AvgIpc) is 2.93. The third kappa shape index (κ3) is 2.43. The van der Waals surface area contributed by atoms with Gasteiger partial charge in [-0.1, -0.05) is 48.0 Å². The normalized spacial score (nSPS) is 11.1. The van der Waals surface area contributed by atoms with Gasteiger partial charge in [0.15, 0.2) is 0 Å². The minimum atomic E-state index is -0.153. The van der Waals surface area contributed by atoms with Gasteiger partial charge in [-0.3, -0.25) is 4.79 Å². The summed E-state index contributed by atoms with van der Waals surface area (Å²) in [5.74, 6) is -0.153. The maximum Gasteiger partial charge on any atom is 0.272 e. The van der Waals surface area contributed by atoms with Gasteiger partial charge in [0.25, 0.3) is 5.91 Å².